The maximum absolute atomic E-state index is 14.7. The Morgan fingerprint density at radius 2 is 1.93 bits per heavy atom. The number of rotatable bonds is 9. The summed E-state index contributed by atoms with van der Waals surface area (Å²) in [5.41, 5.74) is 3.14. The lowest BCUT2D eigenvalue weighted by atomic mass is 9.80. The largest absolute Gasteiger partial charge is 0.481 e. The van der Waals surface area contributed by atoms with Crippen LogP contribution in [-0.2, 0) is 11.2 Å². The average Bonchev–Trinajstić information content (AvgIpc) is 2.67. The monoisotopic (exact) mass is 401 g/mol. The third-order valence-corrected chi connectivity index (χ3v) is 4.84. The lowest BCUT2D eigenvalue weighted by Crippen LogP contribution is -2.28. The van der Waals surface area contributed by atoms with Crippen molar-refractivity contribution in [1.82, 2.24) is 10.3 Å². The van der Waals surface area contributed by atoms with E-state index in [9.17, 15) is 4.39 Å². The fraction of sp³-hybridized carbons (Fsp3) is 0.478. The molecule has 158 valence electrons. The first-order valence-electron chi connectivity index (χ1n) is 9.72. The van der Waals surface area contributed by atoms with E-state index in [1.807, 2.05) is 12.1 Å². The summed E-state index contributed by atoms with van der Waals surface area (Å²) >= 11 is 0. The molecule has 1 N–H and O–H groups in total. The summed E-state index contributed by atoms with van der Waals surface area (Å²) in [5, 5.41) is 3.30. The maximum atomic E-state index is 14.7. The quantitative estimate of drug-likeness (QED) is 0.613. The number of aliphatic imine (C=N–C) groups is 1. The number of ether oxygens (including phenoxy) is 2. The number of hydrogen-bond donors (Lipinski definition) is 1. The maximum Gasteiger partial charge on any atom is 0.213 e. The molecule has 0 fully saturated rings. The number of hydrogen-bond acceptors (Lipinski definition) is 5. The van der Waals surface area contributed by atoms with Crippen LogP contribution in [0, 0.1) is 11.2 Å². The van der Waals surface area contributed by atoms with Crippen LogP contribution in [0.1, 0.15) is 44.9 Å². The van der Waals surface area contributed by atoms with Crippen LogP contribution in [-0.4, -0.2) is 38.6 Å². The van der Waals surface area contributed by atoms with Crippen molar-refractivity contribution in [3.63, 3.8) is 0 Å². The van der Waals surface area contributed by atoms with Crippen LogP contribution in [0.25, 0.3) is 11.1 Å². The van der Waals surface area contributed by atoms with Crippen LogP contribution >= 0.6 is 0 Å². The lowest BCUT2D eigenvalue weighted by molar-refractivity contribution is 0.0155. The number of nitrogens with one attached hydrogen (secondary N) is 1. The number of nitrogens with zero attached hydrogens (tertiary/aromatic N) is 2. The van der Waals surface area contributed by atoms with Gasteiger partial charge in [-0.2, -0.15) is 0 Å². The lowest BCUT2D eigenvalue weighted by Gasteiger charge is -2.32. The van der Waals surface area contributed by atoms with Crippen molar-refractivity contribution in [3.8, 4) is 17.0 Å². The van der Waals surface area contributed by atoms with Crippen molar-refractivity contribution in [2.75, 3.05) is 20.9 Å². The summed E-state index contributed by atoms with van der Waals surface area (Å²) in [7, 11) is 3.21. The van der Waals surface area contributed by atoms with Gasteiger partial charge in [0.1, 0.15) is 5.82 Å². The van der Waals surface area contributed by atoms with Gasteiger partial charge in [-0.05, 0) is 42.2 Å². The molecule has 0 saturated heterocycles. The molecule has 1 aromatic heterocycles. The third-order valence-electron chi connectivity index (χ3n) is 4.84. The third kappa shape index (κ3) is 5.84. The first-order chi connectivity index (χ1) is 13.7. The van der Waals surface area contributed by atoms with Gasteiger partial charge in [0.2, 0.25) is 5.88 Å². The van der Waals surface area contributed by atoms with Crippen LogP contribution in [0.2, 0.25) is 0 Å². The van der Waals surface area contributed by atoms with E-state index in [-0.39, 0.29) is 17.6 Å². The molecule has 2 aromatic rings. The fourth-order valence-electron chi connectivity index (χ4n) is 3.53. The number of benzene rings is 1. The molecule has 2 rings (SSSR count). The topological polar surface area (TPSA) is 55.7 Å². The standard InChI is InChI=1S/C23H32FN3O2/c1-15(27-14-25-5)10-16-8-9-17(18-12-21(28-6)26-13-20(18)24)19(11-16)22(29-7)23(2,3)4/h8-9,11-13,15,22,27H,5,10,14H2,1-4,6-7H3/t15?,22-/m1/s1. The summed E-state index contributed by atoms with van der Waals surface area (Å²) in [4.78, 5) is 7.81. The first kappa shape index (κ1) is 23.0. The Morgan fingerprint density at radius 3 is 2.52 bits per heavy atom. The Morgan fingerprint density at radius 1 is 1.21 bits per heavy atom. The van der Waals surface area contributed by atoms with Crippen molar-refractivity contribution >= 4 is 6.72 Å². The molecule has 0 aliphatic carbocycles. The van der Waals surface area contributed by atoms with Gasteiger partial charge in [-0.15, -0.1) is 0 Å². The molecule has 0 aliphatic heterocycles. The average molecular weight is 402 g/mol. The molecule has 29 heavy (non-hydrogen) atoms. The number of aromatic nitrogens is 1. The van der Waals surface area contributed by atoms with E-state index in [2.05, 4.69) is 55.8 Å². The number of halogens is 1. The van der Waals surface area contributed by atoms with Gasteiger partial charge in [0.05, 0.1) is 26.1 Å². The summed E-state index contributed by atoms with van der Waals surface area (Å²) in [5.74, 6) is -0.0217. The molecule has 2 atom stereocenters. The minimum absolute atomic E-state index is 0.174. The zero-order valence-electron chi connectivity index (χ0n) is 18.3. The van der Waals surface area contributed by atoms with Crippen LogP contribution < -0.4 is 10.1 Å². The number of pyridine rings is 1. The fourth-order valence-corrected chi connectivity index (χ4v) is 3.53. The highest BCUT2D eigenvalue weighted by Gasteiger charge is 2.29. The van der Waals surface area contributed by atoms with E-state index >= 15 is 0 Å². The van der Waals surface area contributed by atoms with Crippen LogP contribution in [0.15, 0.2) is 35.5 Å². The highest BCUT2D eigenvalue weighted by atomic mass is 19.1. The minimum Gasteiger partial charge on any atom is -0.481 e. The van der Waals surface area contributed by atoms with Gasteiger partial charge in [-0.25, -0.2) is 9.37 Å². The van der Waals surface area contributed by atoms with E-state index in [0.29, 0.717) is 18.1 Å². The van der Waals surface area contributed by atoms with Gasteiger partial charge in [0.25, 0.3) is 0 Å². The van der Waals surface area contributed by atoms with Gasteiger partial charge in [0, 0.05) is 24.8 Å². The van der Waals surface area contributed by atoms with Crippen molar-refractivity contribution in [2.24, 2.45) is 10.4 Å². The Hall–Kier alpha value is -2.31. The molecule has 1 aromatic carbocycles. The SMILES string of the molecule is C=NCNC(C)Cc1ccc(-c2cc(OC)ncc2F)c([C@@H](OC)C(C)(C)C)c1. The molecule has 0 bridgehead atoms. The molecule has 0 spiro atoms. The van der Waals surface area contributed by atoms with Gasteiger partial charge in [-0.1, -0.05) is 39.0 Å². The van der Waals surface area contributed by atoms with Gasteiger partial charge < -0.3 is 9.47 Å². The normalized spacial score (nSPS) is 13.8. The molecular weight excluding hydrogens is 369 g/mol. The second kappa shape index (κ2) is 9.94. The Labute approximate surface area is 173 Å². The highest BCUT2D eigenvalue weighted by molar-refractivity contribution is 5.70. The minimum atomic E-state index is -0.393. The second-order valence-corrected chi connectivity index (χ2v) is 8.30. The zero-order chi connectivity index (χ0) is 21.6. The van der Waals surface area contributed by atoms with E-state index < -0.39 is 5.82 Å². The summed E-state index contributed by atoms with van der Waals surface area (Å²) < 4.78 is 25.8. The Bertz CT molecular complexity index is 833. The van der Waals surface area contributed by atoms with Crippen LogP contribution in [0.4, 0.5) is 4.39 Å². The van der Waals surface area contributed by atoms with E-state index in [1.165, 1.54) is 13.3 Å². The van der Waals surface area contributed by atoms with Gasteiger partial charge in [-0.3, -0.25) is 10.3 Å². The highest BCUT2D eigenvalue weighted by Crippen LogP contribution is 2.41. The van der Waals surface area contributed by atoms with Crippen molar-refractivity contribution in [1.29, 1.82) is 0 Å². The molecule has 5 nitrogen and oxygen atoms in total. The second-order valence-electron chi connectivity index (χ2n) is 8.30. The van der Waals surface area contributed by atoms with Crippen molar-refractivity contribution < 1.29 is 13.9 Å². The molecule has 0 radical (unpaired) electrons. The zero-order valence-corrected chi connectivity index (χ0v) is 18.3. The first-order valence-corrected chi connectivity index (χ1v) is 9.72. The van der Waals surface area contributed by atoms with E-state index in [0.717, 1.165) is 23.1 Å². The molecule has 0 aliphatic rings. The predicted molar refractivity (Wildman–Crippen MR) is 116 cm³/mol. The summed E-state index contributed by atoms with van der Waals surface area (Å²) in [6.07, 6.45) is 1.79. The predicted octanol–water partition coefficient (Wildman–Crippen LogP) is 4.81. The number of methoxy groups -OCH3 is 2. The van der Waals surface area contributed by atoms with Crippen molar-refractivity contribution in [3.05, 3.63) is 47.4 Å². The molecule has 6 heteroatoms. The molecule has 0 saturated carbocycles. The van der Waals surface area contributed by atoms with E-state index in [4.69, 9.17) is 9.47 Å². The van der Waals surface area contributed by atoms with Gasteiger partial charge >= 0.3 is 0 Å². The molecule has 1 unspecified atom stereocenters. The van der Waals surface area contributed by atoms with Crippen molar-refractivity contribution in [2.45, 2.75) is 46.3 Å². The van der Waals surface area contributed by atoms with Crippen LogP contribution in [0.3, 0.4) is 0 Å². The summed E-state index contributed by atoms with van der Waals surface area (Å²) in [6.45, 7) is 12.5. The molecule has 0 amide bonds. The smallest absolute Gasteiger partial charge is 0.213 e. The molecular formula is C23H32FN3O2. The van der Waals surface area contributed by atoms with E-state index in [1.54, 1.807) is 13.2 Å². The Balaban J connectivity index is 2.57. The summed E-state index contributed by atoms with van der Waals surface area (Å²) in [6, 6.07) is 7.95. The Kier molecular flexibility index (Phi) is 7.88. The molecule has 1 heterocycles. The van der Waals surface area contributed by atoms with Crippen LogP contribution in [0.5, 0.6) is 5.88 Å². The van der Waals surface area contributed by atoms with Gasteiger partial charge in [0.15, 0.2) is 0 Å².